The minimum atomic E-state index is -1.01. The lowest BCUT2D eigenvalue weighted by atomic mass is 10.0. The highest BCUT2D eigenvalue weighted by Crippen LogP contribution is 2.19. The molecule has 0 saturated heterocycles. The number of carbonyl (C=O) groups is 3. The van der Waals surface area contributed by atoms with Gasteiger partial charge < -0.3 is 15.2 Å². The van der Waals surface area contributed by atoms with Crippen LogP contribution in [0.4, 0.5) is 0 Å². The van der Waals surface area contributed by atoms with Gasteiger partial charge in [0.2, 0.25) is 5.91 Å². The molecular weight excluding hydrogens is 598 g/mol. The number of aliphatic carboxylic acids is 1. The molecule has 48 heavy (non-hydrogen) atoms. The van der Waals surface area contributed by atoms with Gasteiger partial charge in [-0.05, 0) is 64.2 Å². The molecule has 0 rings (SSSR count). The first-order valence-electron chi connectivity index (χ1n) is 20.8. The second-order valence-corrected chi connectivity index (χ2v) is 14.2. The van der Waals surface area contributed by atoms with Crippen molar-refractivity contribution in [3.05, 3.63) is 12.2 Å². The van der Waals surface area contributed by atoms with E-state index in [2.05, 4.69) is 31.3 Å². The fraction of sp³-hybridized carbons (Fsp3) is 0.881. The normalized spacial score (nSPS) is 12.0. The fourth-order valence-corrected chi connectivity index (χ4v) is 6.33. The summed E-state index contributed by atoms with van der Waals surface area (Å²) in [4.78, 5) is 35.0. The summed E-state index contributed by atoms with van der Waals surface area (Å²) in [7, 11) is 0. The van der Waals surface area contributed by atoms with Gasteiger partial charge in [-0.25, -0.2) is 0 Å². The molecule has 282 valence electrons. The minimum Gasteiger partial charge on any atom is -0.480 e. The molecule has 1 amide bonds. The number of hydrogen-bond acceptors (Lipinski definition) is 4. The van der Waals surface area contributed by atoms with Crippen LogP contribution in [0.1, 0.15) is 226 Å². The standard InChI is InChI=1S/C42H79NO5/c1-3-5-7-9-11-13-15-17-18-20-22-24-29-33-37-42(47)48-39(34-30-26-23-21-19-16-14-12-10-8-6-4-2)35-31-27-25-28-32-36-40(44)43-38-41(45)46/h15,17,39H,3-14,16,18-38H2,1-2H3,(H,43,44)(H,45,46)/b17-15-. The number of carbonyl (C=O) groups excluding carboxylic acids is 2. The monoisotopic (exact) mass is 678 g/mol. The molecule has 6 nitrogen and oxygen atoms in total. The molecule has 0 bridgehead atoms. The Labute approximate surface area is 297 Å². The summed E-state index contributed by atoms with van der Waals surface area (Å²) in [5.74, 6) is -1.23. The summed E-state index contributed by atoms with van der Waals surface area (Å²) in [6.45, 7) is 4.23. The van der Waals surface area contributed by atoms with E-state index < -0.39 is 5.97 Å². The summed E-state index contributed by atoms with van der Waals surface area (Å²) in [5, 5.41) is 11.1. The minimum absolute atomic E-state index is 0.0202. The van der Waals surface area contributed by atoms with Gasteiger partial charge >= 0.3 is 11.9 Å². The van der Waals surface area contributed by atoms with E-state index in [1.54, 1.807) is 0 Å². The Morgan fingerprint density at radius 1 is 0.521 bits per heavy atom. The van der Waals surface area contributed by atoms with E-state index >= 15 is 0 Å². The predicted octanol–water partition coefficient (Wildman–Crippen LogP) is 12.6. The lowest BCUT2D eigenvalue weighted by molar-refractivity contribution is -0.150. The number of amides is 1. The number of ether oxygens (including phenoxy) is 1. The third kappa shape index (κ3) is 37.0. The topological polar surface area (TPSA) is 92.7 Å². The van der Waals surface area contributed by atoms with Gasteiger partial charge in [0.05, 0.1) is 0 Å². The molecule has 6 heteroatoms. The second kappa shape index (κ2) is 38.0. The van der Waals surface area contributed by atoms with Gasteiger partial charge in [-0.1, -0.05) is 161 Å². The van der Waals surface area contributed by atoms with Crippen molar-refractivity contribution in [3.63, 3.8) is 0 Å². The summed E-state index contributed by atoms with van der Waals surface area (Å²) in [6.07, 6.45) is 43.3. The van der Waals surface area contributed by atoms with E-state index in [-0.39, 0.29) is 24.5 Å². The third-order valence-electron chi connectivity index (χ3n) is 9.44. The lowest BCUT2D eigenvalue weighted by Crippen LogP contribution is -2.28. The molecule has 0 aromatic heterocycles. The molecule has 2 N–H and O–H groups in total. The highest BCUT2D eigenvalue weighted by atomic mass is 16.5. The quantitative estimate of drug-likeness (QED) is 0.0385. The number of esters is 1. The molecule has 0 aliphatic rings. The molecule has 0 aliphatic heterocycles. The fourth-order valence-electron chi connectivity index (χ4n) is 6.33. The molecule has 0 heterocycles. The highest BCUT2D eigenvalue weighted by Gasteiger charge is 2.14. The lowest BCUT2D eigenvalue weighted by Gasteiger charge is -2.18. The summed E-state index contributed by atoms with van der Waals surface area (Å²) < 4.78 is 6.02. The largest absolute Gasteiger partial charge is 0.480 e. The van der Waals surface area contributed by atoms with Crippen LogP contribution >= 0.6 is 0 Å². The van der Waals surface area contributed by atoms with Crippen LogP contribution in [0.25, 0.3) is 0 Å². The molecule has 0 spiro atoms. The van der Waals surface area contributed by atoms with Gasteiger partial charge in [0, 0.05) is 12.8 Å². The number of unbranched alkanes of at least 4 members (excludes halogenated alkanes) is 25. The number of carboxylic acid groups (broad SMARTS) is 1. The number of nitrogens with one attached hydrogen (secondary N) is 1. The van der Waals surface area contributed by atoms with Crippen LogP contribution in [0.5, 0.6) is 0 Å². The van der Waals surface area contributed by atoms with Crippen LogP contribution in [-0.2, 0) is 19.1 Å². The Bertz CT molecular complexity index is 752. The molecule has 0 radical (unpaired) electrons. The van der Waals surface area contributed by atoms with Gasteiger partial charge in [0.1, 0.15) is 12.6 Å². The molecule has 1 unspecified atom stereocenters. The molecule has 0 saturated carbocycles. The Balaban J connectivity index is 4.16. The van der Waals surface area contributed by atoms with E-state index in [4.69, 9.17) is 9.84 Å². The zero-order valence-electron chi connectivity index (χ0n) is 31.9. The molecule has 0 fully saturated rings. The van der Waals surface area contributed by atoms with Crippen molar-refractivity contribution in [2.45, 2.75) is 232 Å². The third-order valence-corrected chi connectivity index (χ3v) is 9.44. The molecule has 1 atom stereocenters. The Hall–Kier alpha value is -1.85. The summed E-state index contributed by atoms with van der Waals surface area (Å²) in [6, 6.07) is 0. The second-order valence-electron chi connectivity index (χ2n) is 14.2. The molecule has 0 aromatic rings. The number of rotatable bonds is 38. The highest BCUT2D eigenvalue weighted by molar-refractivity contribution is 5.80. The van der Waals surface area contributed by atoms with E-state index in [0.29, 0.717) is 12.8 Å². The maximum absolute atomic E-state index is 12.7. The van der Waals surface area contributed by atoms with Crippen LogP contribution in [0, 0.1) is 0 Å². The van der Waals surface area contributed by atoms with Gasteiger partial charge in [-0.2, -0.15) is 0 Å². The van der Waals surface area contributed by atoms with Crippen LogP contribution in [0.2, 0.25) is 0 Å². The molecule has 0 aliphatic carbocycles. The van der Waals surface area contributed by atoms with Crippen molar-refractivity contribution in [2.24, 2.45) is 0 Å². The van der Waals surface area contributed by atoms with Gasteiger partial charge in [0.15, 0.2) is 0 Å². The first kappa shape index (κ1) is 46.1. The Kier molecular flexibility index (Phi) is 36.5. The SMILES string of the molecule is CCCCCCC/C=C\CCCCCCCC(=O)OC(CCCCCCCCCCCCCC)CCCCCCCC(=O)NCC(=O)O. The zero-order valence-corrected chi connectivity index (χ0v) is 31.9. The van der Waals surface area contributed by atoms with Gasteiger partial charge in [-0.3, -0.25) is 14.4 Å². The average Bonchev–Trinajstić information content (AvgIpc) is 3.07. The predicted molar refractivity (Wildman–Crippen MR) is 203 cm³/mol. The maximum atomic E-state index is 12.7. The number of allylic oxidation sites excluding steroid dienone is 2. The van der Waals surface area contributed by atoms with Gasteiger partial charge in [0.25, 0.3) is 0 Å². The van der Waals surface area contributed by atoms with E-state index in [9.17, 15) is 14.4 Å². The van der Waals surface area contributed by atoms with Crippen molar-refractivity contribution in [1.82, 2.24) is 5.32 Å². The Morgan fingerprint density at radius 3 is 1.33 bits per heavy atom. The van der Waals surface area contributed by atoms with E-state index in [1.165, 1.54) is 135 Å². The van der Waals surface area contributed by atoms with Crippen LogP contribution in [-0.4, -0.2) is 35.6 Å². The van der Waals surface area contributed by atoms with Crippen molar-refractivity contribution >= 4 is 17.8 Å². The summed E-state index contributed by atoms with van der Waals surface area (Å²) in [5.41, 5.74) is 0. The van der Waals surface area contributed by atoms with Crippen molar-refractivity contribution in [2.75, 3.05) is 6.54 Å². The van der Waals surface area contributed by atoms with Gasteiger partial charge in [-0.15, -0.1) is 0 Å². The number of hydrogen-bond donors (Lipinski definition) is 2. The first-order chi connectivity index (χ1) is 23.5. The van der Waals surface area contributed by atoms with Crippen LogP contribution in [0.15, 0.2) is 12.2 Å². The van der Waals surface area contributed by atoms with Crippen LogP contribution < -0.4 is 5.32 Å². The first-order valence-corrected chi connectivity index (χ1v) is 20.8. The van der Waals surface area contributed by atoms with Crippen LogP contribution in [0.3, 0.4) is 0 Å². The zero-order chi connectivity index (χ0) is 35.2. The smallest absolute Gasteiger partial charge is 0.322 e. The average molecular weight is 678 g/mol. The summed E-state index contributed by atoms with van der Waals surface area (Å²) >= 11 is 0. The Morgan fingerprint density at radius 2 is 0.896 bits per heavy atom. The van der Waals surface area contributed by atoms with E-state index in [0.717, 1.165) is 64.2 Å². The number of carboxylic acids is 1. The molecular formula is C42H79NO5. The van der Waals surface area contributed by atoms with Crippen molar-refractivity contribution < 1.29 is 24.2 Å². The molecule has 0 aromatic carbocycles. The van der Waals surface area contributed by atoms with Crippen molar-refractivity contribution in [3.8, 4) is 0 Å². The maximum Gasteiger partial charge on any atom is 0.322 e. The van der Waals surface area contributed by atoms with E-state index in [1.807, 2.05) is 0 Å². The van der Waals surface area contributed by atoms with Crippen molar-refractivity contribution in [1.29, 1.82) is 0 Å².